The van der Waals surface area contributed by atoms with Crippen molar-refractivity contribution in [2.45, 2.75) is 0 Å². The zero-order valence-corrected chi connectivity index (χ0v) is 11.2. The van der Waals surface area contributed by atoms with Gasteiger partial charge in [0.2, 0.25) is 0 Å². The molecule has 6 heteroatoms. The first-order chi connectivity index (χ1) is 9.71. The van der Waals surface area contributed by atoms with Crippen LogP contribution in [0.5, 0.6) is 11.5 Å². The molecule has 100 valence electrons. The fraction of sp³-hybridized carbons (Fsp3) is 0. The molecule has 0 aliphatic rings. The number of rotatable bonds is 6. The Hall–Kier alpha value is -2.52. The number of hydrogen-bond acceptors (Lipinski definition) is 5. The topological polar surface area (TPSA) is 69.7 Å². The van der Waals surface area contributed by atoms with Crippen LogP contribution in [0.25, 0.3) is 0 Å². The molecule has 0 radical (unpaired) electrons. The van der Waals surface area contributed by atoms with Gasteiger partial charge in [-0.15, -0.1) is 0 Å². The van der Waals surface area contributed by atoms with E-state index in [0.29, 0.717) is 23.7 Å². The quantitative estimate of drug-likeness (QED) is 0.602. The van der Waals surface area contributed by atoms with E-state index in [1.807, 2.05) is 0 Å². The Labute approximate surface area is 116 Å². The molecular weight excluding hydrogens is 279 g/mol. The molecule has 0 aliphatic heterocycles. The molecule has 0 spiro atoms. The average molecular weight is 289 g/mol. The monoisotopic (exact) mass is 289 g/mol. The molecular formula is C14H10O5P+. The van der Waals surface area contributed by atoms with Crippen LogP contribution in [0.2, 0.25) is 0 Å². The van der Waals surface area contributed by atoms with Crippen LogP contribution >= 0.6 is 8.25 Å². The van der Waals surface area contributed by atoms with Gasteiger partial charge in [-0.1, -0.05) is 24.3 Å². The summed E-state index contributed by atoms with van der Waals surface area (Å²) in [6, 6.07) is 12.4. The van der Waals surface area contributed by atoms with Crippen molar-refractivity contribution in [2.24, 2.45) is 0 Å². The Balaban J connectivity index is 2.04. The van der Waals surface area contributed by atoms with Gasteiger partial charge >= 0.3 is 8.25 Å². The van der Waals surface area contributed by atoms with E-state index in [-0.39, 0.29) is 11.5 Å². The molecule has 0 aliphatic carbocycles. The zero-order valence-electron chi connectivity index (χ0n) is 10.3. The van der Waals surface area contributed by atoms with Gasteiger partial charge in [-0.25, -0.2) is 9.05 Å². The van der Waals surface area contributed by atoms with Crippen LogP contribution in [-0.4, -0.2) is 12.6 Å². The molecule has 0 aromatic heterocycles. The van der Waals surface area contributed by atoms with Crippen LogP contribution in [-0.2, 0) is 4.57 Å². The lowest BCUT2D eigenvalue weighted by molar-refractivity contribution is 0.111. The second-order valence-corrected chi connectivity index (χ2v) is 4.60. The number of hydrogen-bond donors (Lipinski definition) is 0. The smallest absolute Gasteiger partial charge is 0.298 e. The third kappa shape index (κ3) is 3.73. The molecule has 0 bridgehead atoms. The highest BCUT2D eigenvalue weighted by Crippen LogP contribution is 2.30. The van der Waals surface area contributed by atoms with E-state index in [1.54, 1.807) is 36.4 Å². The fourth-order valence-corrected chi connectivity index (χ4v) is 2.09. The molecule has 0 saturated heterocycles. The number of carbonyl (C=O) groups is 2. The highest BCUT2D eigenvalue weighted by molar-refractivity contribution is 7.34. The van der Waals surface area contributed by atoms with Crippen molar-refractivity contribution in [3.63, 3.8) is 0 Å². The van der Waals surface area contributed by atoms with Gasteiger partial charge < -0.3 is 0 Å². The van der Waals surface area contributed by atoms with E-state index in [0.717, 1.165) is 0 Å². The summed E-state index contributed by atoms with van der Waals surface area (Å²) in [6.07, 6.45) is 1.32. The lowest BCUT2D eigenvalue weighted by Crippen LogP contribution is -1.90. The summed E-state index contributed by atoms with van der Waals surface area (Å²) in [5, 5.41) is 0. The van der Waals surface area contributed by atoms with E-state index in [1.165, 1.54) is 12.1 Å². The maximum absolute atomic E-state index is 11.7. The van der Waals surface area contributed by atoms with Crippen LogP contribution < -0.4 is 9.05 Å². The lowest BCUT2D eigenvalue weighted by Gasteiger charge is -1.96. The summed E-state index contributed by atoms with van der Waals surface area (Å²) in [7, 11) is -2.45. The Bertz CT molecular complexity index is 598. The van der Waals surface area contributed by atoms with Gasteiger partial charge in [0, 0.05) is 15.7 Å². The molecule has 2 aromatic rings. The summed E-state index contributed by atoms with van der Waals surface area (Å²) < 4.78 is 21.9. The third-order valence-corrected chi connectivity index (χ3v) is 3.07. The van der Waals surface area contributed by atoms with Gasteiger partial charge in [0.1, 0.15) is 12.6 Å². The van der Waals surface area contributed by atoms with Gasteiger partial charge in [0.25, 0.3) is 0 Å². The average Bonchev–Trinajstić information content (AvgIpc) is 2.47. The molecule has 0 heterocycles. The number of carbonyl (C=O) groups excluding carboxylic acids is 2. The summed E-state index contributed by atoms with van der Waals surface area (Å²) in [4.78, 5) is 21.2. The minimum atomic E-state index is -2.45. The summed E-state index contributed by atoms with van der Waals surface area (Å²) in [5.41, 5.74) is 0.822. The maximum atomic E-state index is 11.7. The lowest BCUT2D eigenvalue weighted by atomic mass is 10.2. The number of aldehydes is 2. The summed E-state index contributed by atoms with van der Waals surface area (Å²) in [6.45, 7) is 0. The fourth-order valence-electron chi connectivity index (χ4n) is 1.48. The molecule has 0 unspecified atom stereocenters. The SMILES string of the molecule is O=Cc1cccc(O[P+](=O)Oc2cccc(C=O)c2)c1. The maximum Gasteiger partial charge on any atom is 0.805 e. The molecule has 0 fully saturated rings. The van der Waals surface area contributed by atoms with Crippen molar-refractivity contribution in [2.75, 3.05) is 0 Å². The van der Waals surface area contributed by atoms with Crippen LogP contribution in [0.3, 0.4) is 0 Å². The van der Waals surface area contributed by atoms with Gasteiger partial charge in [-0.05, 0) is 24.3 Å². The highest BCUT2D eigenvalue weighted by atomic mass is 31.1. The Morgan fingerprint density at radius 3 is 1.65 bits per heavy atom. The van der Waals surface area contributed by atoms with Crippen molar-refractivity contribution in [3.8, 4) is 11.5 Å². The molecule has 0 amide bonds. The second kappa shape index (κ2) is 6.59. The first-order valence-corrected chi connectivity index (χ1v) is 6.74. The summed E-state index contributed by atoms with van der Waals surface area (Å²) in [5.74, 6) is 0.532. The molecule has 0 atom stereocenters. The first-order valence-electron chi connectivity index (χ1n) is 5.65. The zero-order chi connectivity index (χ0) is 14.4. The molecule has 20 heavy (non-hydrogen) atoms. The predicted octanol–water partition coefficient (Wildman–Crippen LogP) is 3.43. The Morgan fingerprint density at radius 1 is 0.800 bits per heavy atom. The molecule has 2 aromatic carbocycles. The van der Waals surface area contributed by atoms with Crippen molar-refractivity contribution in [3.05, 3.63) is 59.7 Å². The van der Waals surface area contributed by atoms with Crippen molar-refractivity contribution >= 4 is 20.8 Å². The minimum Gasteiger partial charge on any atom is -0.298 e. The molecule has 5 nitrogen and oxygen atoms in total. The van der Waals surface area contributed by atoms with Crippen molar-refractivity contribution < 1.29 is 23.2 Å². The van der Waals surface area contributed by atoms with Crippen LogP contribution in [0.4, 0.5) is 0 Å². The van der Waals surface area contributed by atoms with Crippen LogP contribution in [0.1, 0.15) is 20.7 Å². The Morgan fingerprint density at radius 2 is 1.25 bits per heavy atom. The van der Waals surface area contributed by atoms with E-state index >= 15 is 0 Å². The van der Waals surface area contributed by atoms with E-state index in [4.69, 9.17) is 9.05 Å². The number of benzene rings is 2. The van der Waals surface area contributed by atoms with E-state index < -0.39 is 8.25 Å². The normalized spacial score (nSPS) is 9.60. The van der Waals surface area contributed by atoms with Gasteiger partial charge in [-0.2, -0.15) is 0 Å². The minimum absolute atomic E-state index is 0.266. The second-order valence-electron chi connectivity index (χ2n) is 3.79. The third-order valence-electron chi connectivity index (χ3n) is 2.35. The van der Waals surface area contributed by atoms with Gasteiger partial charge in [-0.3, -0.25) is 9.59 Å². The highest BCUT2D eigenvalue weighted by Gasteiger charge is 2.24. The molecule has 0 N–H and O–H groups in total. The van der Waals surface area contributed by atoms with Crippen molar-refractivity contribution in [1.82, 2.24) is 0 Å². The predicted molar refractivity (Wildman–Crippen MR) is 72.5 cm³/mol. The largest absolute Gasteiger partial charge is 0.805 e. The van der Waals surface area contributed by atoms with Crippen LogP contribution in [0.15, 0.2) is 48.5 Å². The van der Waals surface area contributed by atoms with Crippen LogP contribution in [0, 0.1) is 0 Å². The van der Waals surface area contributed by atoms with E-state index in [9.17, 15) is 14.2 Å². The molecule has 2 rings (SSSR count). The van der Waals surface area contributed by atoms with E-state index in [2.05, 4.69) is 0 Å². The standard InChI is InChI=1S/C14H10O5P/c15-9-11-3-1-5-13(7-11)18-20(17)19-14-6-2-4-12(8-14)10-16/h1-10H/q+1. The Kier molecular flexibility index (Phi) is 4.58. The first kappa shape index (κ1) is 13.9. The van der Waals surface area contributed by atoms with Gasteiger partial charge in [0.15, 0.2) is 11.5 Å². The van der Waals surface area contributed by atoms with Gasteiger partial charge in [0.05, 0.1) is 0 Å². The van der Waals surface area contributed by atoms with Crippen molar-refractivity contribution in [1.29, 1.82) is 0 Å². The summed E-state index contributed by atoms with van der Waals surface area (Å²) >= 11 is 0. The molecule has 0 saturated carbocycles.